The van der Waals surface area contributed by atoms with Crippen molar-refractivity contribution in [2.75, 3.05) is 7.11 Å². The van der Waals surface area contributed by atoms with Crippen LogP contribution in [-0.2, 0) is 7.05 Å². The number of fused-ring (bicyclic) bond motifs is 1. The molecule has 0 saturated carbocycles. The molecule has 2 aromatic heterocycles. The molecule has 6 heteroatoms. The number of ether oxygens (including phenoxy) is 1. The first kappa shape index (κ1) is 14.1. The average Bonchev–Trinajstić information content (AvgIpc) is 2.96. The summed E-state index contributed by atoms with van der Waals surface area (Å²) in [6, 6.07) is 7.61. The van der Waals surface area contributed by atoms with Gasteiger partial charge in [0.2, 0.25) is 0 Å². The van der Waals surface area contributed by atoms with Crippen LogP contribution < -0.4 is 10.3 Å². The van der Waals surface area contributed by atoms with Crippen LogP contribution in [0.5, 0.6) is 5.75 Å². The van der Waals surface area contributed by atoms with Gasteiger partial charge in [-0.1, -0.05) is 23.4 Å². The molecule has 0 unspecified atom stereocenters. The van der Waals surface area contributed by atoms with Gasteiger partial charge in [-0.25, -0.2) is 4.68 Å². The first-order valence-corrected chi connectivity index (χ1v) is 6.75. The third-order valence-corrected chi connectivity index (χ3v) is 3.42. The summed E-state index contributed by atoms with van der Waals surface area (Å²) in [5, 5.41) is 8.67. The molecule has 0 bridgehead atoms. The number of aryl methyl sites for hydroxylation is 2. The monoisotopic (exact) mass is 297 g/mol. The molecular formula is C16H15N3O3. The van der Waals surface area contributed by atoms with Crippen molar-refractivity contribution < 1.29 is 9.26 Å². The molecule has 6 nitrogen and oxygen atoms in total. The van der Waals surface area contributed by atoms with E-state index in [0.717, 1.165) is 11.3 Å². The molecule has 1 aromatic carbocycles. The number of hydrogen-bond acceptors (Lipinski definition) is 5. The van der Waals surface area contributed by atoms with E-state index >= 15 is 0 Å². The quantitative estimate of drug-likeness (QED) is 0.742. The highest BCUT2D eigenvalue weighted by molar-refractivity contribution is 5.89. The minimum absolute atomic E-state index is 0.270. The Balaban J connectivity index is 2.02. The minimum Gasteiger partial charge on any atom is -0.497 e. The minimum atomic E-state index is -0.270. The van der Waals surface area contributed by atoms with E-state index in [1.165, 1.54) is 4.68 Å². The number of aromatic nitrogens is 3. The maximum atomic E-state index is 12.0. The summed E-state index contributed by atoms with van der Waals surface area (Å²) >= 11 is 0. The van der Waals surface area contributed by atoms with Gasteiger partial charge in [0.05, 0.1) is 18.2 Å². The Hall–Kier alpha value is -2.89. The normalized spacial score (nSPS) is 11.4. The third-order valence-electron chi connectivity index (χ3n) is 3.42. The highest BCUT2D eigenvalue weighted by Crippen LogP contribution is 2.21. The lowest BCUT2D eigenvalue weighted by atomic mass is 10.1. The van der Waals surface area contributed by atoms with E-state index < -0.39 is 0 Å². The average molecular weight is 297 g/mol. The predicted octanol–water partition coefficient (Wildman–Crippen LogP) is 2.41. The second kappa shape index (κ2) is 5.48. The Bertz CT molecular complexity index is 905. The van der Waals surface area contributed by atoms with Crippen molar-refractivity contribution in [3.05, 3.63) is 51.6 Å². The SMILES string of the molecule is COc1ccc(/C=C/c2onc3c(=O)n(C)nc(C)c23)cc1. The lowest BCUT2D eigenvalue weighted by molar-refractivity contribution is 0.415. The van der Waals surface area contributed by atoms with Crippen molar-refractivity contribution in [1.29, 1.82) is 0 Å². The Morgan fingerprint density at radius 3 is 2.64 bits per heavy atom. The zero-order valence-electron chi connectivity index (χ0n) is 12.5. The summed E-state index contributed by atoms with van der Waals surface area (Å²) in [7, 11) is 3.22. The van der Waals surface area contributed by atoms with Gasteiger partial charge in [-0.15, -0.1) is 0 Å². The summed E-state index contributed by atoms with van der Waals surface area (Å²) in [5.74, 6) is 1.32. The van der Waals surface area contributed by atoms with Gasteiger partial charge in [-0.2, -0.15) is 5.10 Å². The van der Waals surface area contributed by atoms with E-state index in [1.807, 2.05) is 37.3 Å². The topological polar surface area (TPSA) is 70.2 Å². The van der Waals surface area contributed by atoms with Gasteiger partial charge in [0, 0.05) is 7.05 Å². The molecule has 0 amide bonds. The Kier molecular flexibility index (Phi) is 3.50. The summed E-state index contributed by atoms with van der Waals surface area (Å²) in [4.78, 5) is 12.0. The Morgan fingerprint density at radius 2 is 1.95 bits per heavy atom. The zero-order valence-corrected chi connectivity index (χ0v) is 12.5. The summed E-state index contributed by atoms with van der Waals surface area (Å²) in [6.07, 6.45) is 3.67. The number of benzene rings is 1. The molecule has 0 aliphatic carbocycles. The molecule has 0 saturated heterocycles. The predicted molar refractivity (Wildman–Crippen MR) is 83.7 cm³/mol. The molecule has 2 heterocycles. The molecular weight excluding hydrogens is 282 g/mol. The first-order chi connectivity index (χ1) is 10.6. The van der Waals surface area contributed by atoms with Gasteiger partial charge in [-0.3, -0.25) is 4.79 Å². The van der Waals surface area contributed by atoms with E-state index in [2.05, 4.69) is 10.3 Å². The fourth-order valence-electron chi connectivity index (χ4n) is 2.27. The zero-order chi connectivity index (χ0) is 15.7. The molecule has 0 spiro atoms. The van der Waals surface area contributed by atoms with Gasteiger partial charge in [-0.05, 0) is 30.7 Å². The highest BCUT2D eigenvalue weighted by atomic mass is 16.5. The summed E-state index contributed by atoms with van der Waals surface area (Å²) in [6.45, 7) is 1.82. The van der Waals surface area contributed by atoms with Crippen LogP contribution in [0.15, 0.2) is 33.6 Å². The van der Waals surface area contributed by atoms with Crippen LogP contribution in [0, 0.1) is 6.92 Å². The Morgan fingerprint density at radius 1 is 1.23 bits per heavy atom. The van der Waals surface area contributed by atoms with Crippen molar-refractivity contribution in [3.63, 3.8) is 0 Å². The van der Waals surface area contributed by atoms with Crippen LogP contribution in [-0.4, -0.2) is 22.0 Å². The summed E-state index contributed by atoms with van der Waals surface area (Å²) in [5.41, 5.74) is 1.71. The second-order valence-electron chi connectivity index (χ2n) is 4.89. The number of methoxy groups -OCH3 is 1. The van der Waals surface area contributed by atoms with E-state index in [9.17, 15) is 4.79 Å². The lowest BCUT2D eigenvalue weighted by Gasteiger charge is -1.99. The molecule has 112 valence electrons. The number of rotatable bonds is 3. The first-order valence-electron chi connectivity index (χ1n) is 6.75. The molecule has 22 heavy (non-hydrogen) atoms. The van der Waals surface area contributed by atoms with E-state index in [1.54, 1.807) is 20.2 Å². The van der Waals surface area contributed by atoms with Crippen LogP contribution in [0.4, 0.5) is 0 Å². The van der Waals surface area contributed by atoms with Gasteiger partial charge in [0.25, 0.3) is 5.56 Å². The van der Waals surface area contributed by atoms with Crippen LogP contribution >= 0.6 is 0 Å². The molecule has 0 N–H and O–H groups in total. The molecule has 0 fully saturated rings. The van der Waals surface area contributed by atoms with E-state index in [-0.39, 0.29) is 5.56 Å². The second-order valence-corrected chi connectivity index (χ2v) is 4.89. The third kappa shape index (κ3) is 2.39. The van der Waals surface area contributed by atoms with Gasteiger partial charge < -0.3 is 9.26 Å². The van der Waals surface area contributed by atoms with Crippen LogP contribution in [0.3, 0.4) is 0 Å². The smallest absolute Gasteiger partial charge is 0.296 e. The summed E-state index contributed by atoms with van der Waals surface area (Å²) < 4.78 is 11.7. The van der Waals surface area contributed by atoms with E-state index in [4.69, 9.17) is 9.26 Å². The van der Waals surface area contributed by atoms with Crippen molar-refractivity contribution in [3.8, 4) is 5.75 Å². The van der Waals surface area contributed by atoms with Crippen molar-refractivity contribution in [1.82, 2.24) is 14.9 Å². The van der Waals surface area contributed by atoms with Gasteiger partial charge >= 0.3 is 0 Å². The number of nitrogens with zero attached hydrogens (tertiary/aromatic N) is 3. The van der Waals surface area contributed by atoms with E-state index in [0.29, 0.717) is 22.4 Å². The molecule has 3 rings (SSSR count). The van der Waals surface area contributed by atoms with Crippen molar-refractivity contribution >= 4 is 23.1 Å². The molecule has 0 atom stereocenters. The van der Waals surface area contributed by atoms with Crippen molar-refractivity contribution in [2.24, 2.45) is 7.05 Å². The number of hydrogen-bond donors (Lipinski definition) is 0. The lowest BCUT2D eigenvalue weighted by Crippen LogP contribution is -2.20. The highest BCUT2D eigenvalue weighted by Gasteiger charge is 2.14. The van der Waals surface area contributed by atoms with Crippen LogP contribution in [0.25, 0.3) is 23.1 Å². The fraction of sp³-hybridized carbons (Fsp3) is 0.188. The maximum Gasteiger partial charge on any atom is 0.296 e. The standard InChI is InChI=1S/C16H15N3O3/c1-10-14-13(22-18-15(14)16(20)19(2)17-10)9-6-11-4-7-12(21-3)8-5-11/h4-9H,1-3H3/b9-6+. The Labute approximate surface area is 126 Å². The van der Waals surface area contributed by atoms with Crippen molar-refractivity contribution in [2.45, 2.75) is 6.92 Å². The van der Waals surface area contributed by atoms with Gasteiger partial charge in [0.1, 0.15) is 5.75 Å². The van der Waals surface area contributed by atoms with Gasteiger partial charge in [0.15, 0.2) is 11.3 Å². The van der Waals surface area contributed by atoms with Crippen LogP contribution in [0.1, 0.15) is 17.0 Å². The fourth-order valence-corrected chi connectivity index (χ4v) is 2.27. The molecule has 0 aliphatic heterocycles. The largest absolute Gasteiger partial charge is 0.497 e. The molecule has 3 aromatic rings. The maximum absolute atomic E-state index is 12.0. The molecule has 0 aliphatic rings. The molecule has 0 radical (unpaired) electrons. The van der Waals surface area contributed by atoms with Crippen LogP contribution in [0.2, 0.25) is 0 Å².